The van der Waals surface area contributed by atoms with Crippen LogP contribution in [-0.2, 0) is 9.59 Å². The third kappa shape index (κ3) is 6.46. The second kappa shape index (κ2) is 7.35. The molecule has 14 heavy (non-hydrogen) atoms. The molecule has 0 aromatic rings. The Balaban J connectivity index is 3.59. The first kappa shape index (κ1) is 12.9. The van der Waals surface area contributed by atoms with Crippen LogP contribution in [0, 0.1) is 5.92 Å². The topological polar surface area (TPSA) is 66.4 Å². The van der Waals surface area contributed by atoms with Gasteiger partial charge in [0.05, 0.1) is 0 Å². The number of carbonyl (C=O) groups is 2. The van der Waals surface area contributed by atoms with E-state index in [2.05, 4.69) is 12.2 Å². The molecule has 0 saturated carbocycles. The van der Waals surface area contributed by atoms with E-state index in [0.29, 0.717) is 13.0 Å². The number of nitrogens with one attached hydrogen (secondary N) is 1. The van der Waals surface area contributed by atoms with E-state index >= 15 is 0 Å². The number of rotatable bonds is 7. The van der Waals surface area contributed by atoms with Crippen LogP contribution in [0.3, 0.4) is 0 Å². The van der Waals surface area contributed by atoms with Crippen molar-refractivity contribution in [1.29, 1.82) is 0 Å². The lowest BCUT2D eigenvalue weighted by Crippen LogP contribution is -2.30. The second-order valence-corrected chi connectivity index (χ2v) is 3.48. The van der Waals surface area contributed by atoms with Gasteiger partial charge in [-0.15, -0.1) is 0 Å². The molecule has 0 unspecified atom stereocenters. The van der Waals surface area contributed by atoms with Crippen molar-refractivity contribution < 1.29 is 14.7 Å². The summed E-state index contributed by atoms with van der Waals surface area (Å²) in [5.41, 5.74) is 0. The van der Waals surface area contributed by atoms with E-state index in [4.69, 9.17) is 5.11 Å². The summed E-state index contributed by atoms with van der Waals surface area (Å²) in [5, 5.41) is 11.2. The summed E-state index contributed by atoms with van der Waals surface area (Å²) in [6.07, 6.45) is 2.48. The number of hydrogen-bond donors (Lipinski definition) is 2. The van der Waals surface area contributed by atoms with E-state index in [9.17, 15) is 9.59 Å². The average Bonchev–Trinajstić information content (AvgIpc) is 2.14. The molecule has 0 aliphatic carbocycles. The Morgan fingerprint density at radius 3 is 2.57 bits per heavy atom. The van der Waals surface area contributed by atoms with Crippen molar-refractivity contribution in [2.45, 2.75) is 39.5 Å². The summed E-state index contributed by atoms with van der Waals surface area (Å²) in [5.74, 6) is -1.10. The van der Waals surface area contributed by atoms with Gasteiger partial charge in [-0.1, -0.05) is 20.3 Å². The van der Waals surface area contributed by atoms with Gasteiger partial charge in [-0.3, -0.25) is 9.59 Å². The molecule has 0 saturated heterocycles. The highest BCUT2D eigenvalue weighted by atomic mass is 16.4. The summed E-state index contributed by atoms with van der Waals surface area (Å²) >= 11 is 0. The molecule has 0 radical (unpaired) electrons. The van der Waals surface area contributed by atoms with Crippen LogP contribution < -0.4 is 5.32 Å². The number of unbranched alkanes of at least 4 members (excludes halogenated alkanes) is 1. The fourth-order valence-electron chi connectivity index (χ4n) is 1.03. The highest BCUT2D eigenvalue weighted by molar-refractivity contribution is 5.78. The number of carboxylic acids is 1. The van der Waals surface area contributed by atoms with Gasteiger partial charge in [-0.2, -0.15) is 0 Å². The lowest BCUT2D eigenvalue weighted by atomic mass is 10.1. The molecule has 0 fully saturated rings. The molecule has 0 rings (SSSR count). The predicted octanol–water partition coefficient (Wildman–Crippen LogP) is 1.40. The molecule has 2 N–H and O–H groups in total. The molecule has 1 atom stereocenters. The highest BCUT2D eigenvalue weighted by Gasteiger charge is 2.13. The molecule has 1 amide bonds. The van der Waals surface area contributed by atoms with Crippen LogP contribution in [0.4, 0.5) is 0 Å². The maximum atomic E-state index is 11.3. The van der Waals surface area contributed by atoms with E-state index in [-0.39, 0.29) is 18.2 Å². The largest absolute Gasteiger partial charge is 0.481 e. The monoisotopic (exact) mass is 201 g/mol. The van der Waals surface area contributed by atoms with Crippen molar-refractivity contribution in [3.63, 3.8) is 0 Å². The van der Waals surface area contributed by atoms with Gasteiger partial charge < -0.3 is 10.4 Å². The fourth-order valence-corrected chi connectivity index (χ4v) is 1.03. The van der Waals surface area contributed by atoms with Gasteiger partial charge in [0.15, 0.2) is 0 Å². The van der Waals surface area contributed by atoms with Gasteiger partial charge in [0.1, 0.15) is 0 Å². The molecule has 0 aliphatic heterocycles. The summed E-state index contributed by atoms with van der Waals surface area (Å²) < 4.78 is 0. The molecule has 0 aromatic heterocycles. The van der Waals surface area contributed by atoms with Gasteiger partial charge in [0.2, 0.25) is 5.91 Å². The summed E-state index contributed by atoms with van der Waals surface area (Å²) in [6.45, 7) is 4.50. The first-order valence-corrected chi connectivity index (χ1v) is 5.07. The lowest BCUT2D eigenvalue weighted by Gasteiger charge is -2.10. The van der Waals surface area contributed by atoms with E-state index in [1.807, 2.05) is 0 Å². The molecule has 0 aliphatic rings. The normalized spacial score (nSPS) is 12.1. The van der Waals surface area contributed by atoms with E-state index < -0.39 is 5.97 Å². The Morgan fingerprint density at radius 2 is 2.07 bits per heavy atom. The maximum Gasteiger partial charge on any atom is 0.303 e. The maximum absolute atomic E-state index is 11.3. The van der Waals surface area contributed by atoms with Gasteiger partial charge in [0.25, 0.3) is 0 Å². The predicted molar refractivity (Wildman–Crippen MR) is 54.0 cm³/mol. The van der Waals surface area contributed by atoms with Crippen LogP contribution in [0.15, 0.2) is 0 Å². The fraction of sp³-hybridized carbons (Fsp3) is 0.800. The Kier molecular flexibility index (Phi) is 6.80. The Labute approximate surface area is 84.7 Å². The minimum absolute atomic E-state index is 0.0419. The molecule has 0 bridgehead atoms. The van der Waals surface area contributed by atoms with Crippen LogP contribution >= 0.6 is 0 Å². The third-order valence-corrected chi connectivity index (χ3v) is 2.07. The van der Waals surface area contributed by atoms with Crippen LogP contribution in [0.1, 0.15) is 39.5 Å². The van der Waals surface area contributed by atoms with Crippen molar-refractivity contribution >= 4 is 11.9 Å². The van der Waals surface area contributed by atoms with E-state index in [0.717, 1.165) is 12.8 Å². The van der Waals surface area contributed by atoms with Gasteiger partial charge in [-0.05, 0) is 12.8 Å². The Hall–Kier alpha value is -1.06. The summed E-state index contributed by atoms with van der Waals surface area (Å²) in [4.78, 5) is 21.6. The van der Waals surface area contributed by atoms with Crippen molar-refractivity contribution in [2.75, 3.05) is 6.54 Å². The van der Waals surface area contributed by atoms with Crippen LogP contribution in [-0.4, -0.2) is 23.5 Å². The number of carboxylic acid groups (broad SMARTS) is 1. The molecule has 0 aromatic carbocycles. The van der Waals surface area contributed by atoms with Crippen molar-refractivity contribution in [3.05, 3.63) is 0 Å². The molecule has 4 nitrogen and oxygen atoms in total. The second-order valence-electron chi connectivity index (χ2n) is 3.48. The zero-order chi connectivity index (χ0) is 11.0. The number of carbonyl (C=O) groups excluding carboxylic acids is 1. The Bertz CT molecular complexity index is 192. The van der Waals surface area contributed by atoms with Gasteiger partial charge in [0, 0.05) is 18.9 Å². The number of hydrogen-bond acceptors (Lipinski definition) is 2. The molecule has 4 heteroatoms. The molecule has 0 spiro atoms. The zero-order valence-corrected chi connectivity index (χ0v) is 8.88. The van der Waals surface area contributed by atoms with Crippen LogP contribution in [0.25, 0.3) is 0 Å². The molecular weight excluding hydrogens is 182 g/mol. The highest BCUT2D eigenvalue weighted by Crippen LogP contribution is 2.05. The van der Waals surface area contributed by atoms with E-state index in [1.165, 1.54) is 0 Å². The summed E-state index contributed by atoms with van der Waals surface area (Å²) in [7, 11) is 0. The van der Waals surface area contributed by atoms with Crippen LogP contribution in [0.2, 0.25) is 0 Å². The minimum atomic E-state index is -0.849. The Morgan fingerprint density at radius 1 is 1.43 bits per heavy atom. The van der Waals surface area contributed by atoms with Crippen molar-refractivity contribution in [1.82, 2.24) is 5.32 Å². The molecular formula is C10H19NO3. The first-order valence-electron chi connectivity index (χ1n) is 5.07. The lowest BCUT2D eigenvalue weighted by molar-refractivity contribution is -0.137. The first-order chi connectivity index (χ1) is 6.57. The quantitative estimate of drug-likeness (QED) is 0.612. The average molecular weight is 201 g/mol. The number of aliphatic carboxylic acids is 1. The van der Waals surface area contributed by atoms with E-state index in [1.54, 1.807) is 6.92 Å². The smallest absolute Gasteiger partial charge is 0.303 e. The third-order valence-electron chi connectivity index (χ3n) is 2.07. The SMILES string of the molecule is CCCCNC(=O)[C@H](C)CCC(=O)O. The summed E-state index contributed by atoms with van der Waals surface area (Å²) in [6, 6.07) is 0. The van der Waals surface area contributed by atoms with Crippen molar-refractivity contribution in [2.24, 2.45) is 5.92 Å². The molecule has 82 valence electrons. The molecule has 0 heterocycles. The zero-order valence-electron chi connectivity index (χ0n) is 8.88. The minimum Gasteiger partial charge on any atom is -0.481 e. The van der Waals surface area contributed by atoms with Crippen molar-refractivity contribution in [3.8, 4) is 0 Å². The van der Waals surface area contributed by atoms with Gasteiger partial charge in [-0.25, -0.2) is 0 Å². The number of amides is 1. The van der Waals surface area contributed by atoms with Crippen LogP contribution in [0.5, 0.6) is 0 Å². The standard InChI is InChI=1S/C10H19NO3/c1-3-4-7-11-10(14)8(2)5-6-9(12)13/h8H,3-7H2,1-2H3,(H,11,14)(H,12,13)/t8-/m1/s1. The van der Waals surface area contributed by atoms with Gasteiger partial charge >= 0.3 is 5.97 Å².